The van der Waals surface area contributed by atoms with Gasteiger partial charge in [-0.3, -0.25) is 0 Å². The van der Waals surface area contributed by atoms with Crippen molar-refractivity contribution < 1.29 is 0 Å². The van der Waals surface area contributed by atoms with Crippen LogP contribution in [0.25, 0.3) is 0 Å². The highest BCUT2D eigenvalue weighted by atomic mass is 32.2. The van der Waals surface area contributed by atoms with Gasteiger partial charge in [0, 0.05) is 17.3 Å². The first kappa shape index (κ1) is 15.7. The molecule has 3 heteroatoms. The van der Waals surface area contributed by atoms with E-state index in [1.807, 2.05) is 0 Å². The van der Waals surface area contributed by atoms with Crippen molar-refractivity contribution in [2.24, 2.45) is 5.92 Å². The van der Waals surface area contributed by atoms with Gasteiger partial charge in [0.15, 0.2) is 0 Å². The number of hydrogen-bond acceptors (Lipinski definition) is 3. The van der Waals surface area contributed by atoms with Crippen LogP contribution < -0.4 is 5.32 Å². The Morgan fingerprint density at radius 1 is 1.37 bits per heavy atom. The topological polar surface area (TPSA) is 15.3 Å². The maximum Gasteiger partial charge on any atom is 0.0256 e. The molecule has 2 aliphatic heterocycles. The van der Waals surface area contributed by atoms with Crippen LogP contribution in [0.15, 0.2) is 0 Å². The predicted octanol–water partition coefficient (Wildman–Crippen LogP) is 3.37. The molecule has 0 aliphatic carbocycles. The Bertz CT molecular complexity index is 255. The van der Waals surface area contributed by atoms with Crippen molar-refractivity contribution in [3.8, 4) is 0 Å². The first-order valence-corrected chi connectivity index (χ1v) is 9.21. The second-order valence-electron chi connectivity index (χ2n) is 6.75. The first-order chi connectivity index (χ1) is 9.13. The lowest BCUT2D eigenvalue weighted by molar-refractivity contribution is 0.162. The SMILES string of the molecule is CCCN1CCC(C(C)NCC2(C)CCCS2)CC1. The van der Waals surface area contributed by atoms with Gasteiger partial charge in [0.05, 0.1) is 0 Å². The summed E-state index contributed by atoms with van der Waals surface area (Å²) >= 11 is 2.17. The lowest BCUT2D eigenvalue weighted by atomic mass is 9.90. The number of hydrogen-bond donors (Lipinski definition) is 1. The number of thioether (sulfide) groups is 1. The molecular formula is C16H32N2S. The van der Waals surface area contributed by atoms with Gasteiger partial charge in [-0.05, 0) is 77.3 Å². The summed E-state index contributed by atoms with van der Waals surface area (Å²) in [7, 11) is 0. The van der Waals surface area contributed by atoms with E-state index < -0.39 is 0 Å². The van der Waals surface area contributed by atoms with Gasteiger partial charge in [-0.15, -0.1) is 0 Å². The maximum absolute atomic E-state index is 3.84. The van der Waals surface area contributed by atoms with Crippen LogP contribution in [0.1, 0.15) is 52.9 Å². The van der Waals surface area contributed by atoms with Crippen molar-refractivity contribution in [3.05, 3.63) is 0 Å². The second kappa shape index (κ2) is 7.33. The summed E-state index contributed by atoms with van der Waals surface area (Å²) in [4.78, 5) is 2.64. The molecule has 2 aliphatic rings. The van der Waals surface area contributed by atoms with E-state index in [9.17, 15) is 0 Å². The van der Waals surface area contributed by atoms with Crippen LogP contribution in [-0.2, 0) is 0 Å². The van der Waals surface area contributed by atoms with Crippen LogP contribution in [0.5, 0.6) is 0 Å². The molecule has 0 amide bonds. The van der Waals surface area contributed by atoms with Crippen molar-refractivity contribution in [2.75, 3.05) is 31.9 Å². The minimum Gasteiger partial charge on any atom is -0.313 e. The van der Waals surface area contributed by atoms with E-state index in [-0.39, 0.29) is 0 Å². The Hall–Kier alpha value is 0.270. The molecule has 2 nitrogen and oxygen atoms in total. The van der Waals surface area contributed by atoms with Crippen molar-refractivity contribution >= 4 is 11.8 Å². The number of rotatable bonds is 6. The predicted molar refractivity (Wildman–Crippen MR) is 87.0 cm³/mol. The second-order valence-corrected chi connectivity index (χ2v) is 8.43. The molecular weight excluding hydrogens is 252 g/mol. The molecule has 2 fully saturated rings. The Kier molecular flexibility index (Phi) is 6.04. The average Bonchev–Trinajstić information content (AvgIpc) is 2.85. The summed E-state index contributed by atoms with van der Waals surface area (Å²) in [5.74, 6) is 2.25. The average molecular weight is 285 g/mol. The van der Waals surface area contributed by atoms with E-state index in [4.69, 9.17) is 0 Å². The van der Waals surface area contributed by atoms with Crippen LogP contribution in [-0.4, -0.2) is 47.6 Å². The number of nitrogens with zero attached hydrogens (tertiary/aromatic N) is 1. The summed E-state index contributed by atoms with van der Waals surface area (Å²) in [5, 5.41) is 3.84. The van der Waals surface area contributed by atoms with E-state index >= 15 is 0 Å². The zero-order chi connectivity index (χ0) is 13.7. The molecule has 0 aromatic heterocycles. The zero-order valence-corrected chi connectivity index (χ0v) is 13.9. The summed E-state index contributed by atoms with van der Waals surface area (Å²) in [6, 6.07) is 0.696. The normalized spacial score (nSPS) is 31.7. The van der Waals surface area contributed by atoms with Gasteiger partial charge in [0.2, 0.25) is 0 Å². The third-order valence-corrected chi connectivity index (χ3v) is 6.52. The van der Waals surface area contributed by atoms with Crippen LogP contribution >= 0.6 is 11.8 Å². The van der Waals surface area contributed by atoms with Crippen molar-refractivity contribution in [3.63, 3.8) is 0 Å². The summed E-state index contributed by atoms with van der Waals surface area (Å²) in [6.45, 7) is 12.3. The van der Waals surface area contributed by atoms with Gasteiger partial charge < -0.3 is 10.2 Å². The molecule has 2 heterocycles. The molecule has 112 valence electrons. The lowest BCUT2D eigenvalue weighted by Gasteiger charge is -2.36. The van der Waals surface area contributed by atoms with Crippen molar-refractivity contribution in [1.29, 1.82) is 0 Å². The summed E-state index contributed by atoms with van der Waals surface area (Å²) in [5.41, 5.74) is 0. The van der Waals surface area contributed by atoms with E-state index in [0.717, 1.165) is 5.92 Å². The molecule has 1 N–H and O–H groups in total. The van der Waals surface area contributed by atoms with Crippen molar-refractivity contribution in [2.45, 2.75) is 63.7 Å². The smallest absolute Gasteiger partial charge is 0.0256 e. The standard InChI is InChI=1S/C16H32N2S/c1-4-9-18-10-6-15(7-11-18)14(2)17-13-16(3)8-5-12-19-16/h14-15,17H,4-13H2,1-3H3. The number of nitrogens with one attached hydrogen (secondary N) is 1. The fraction of sp³-hybridized carbons (Fsp3) is 1.00. The highest BCUT2D eigenvalue weighted by Crippen LogP contribution is 2.37. The van der Waals surface area contributed by atoms with Gasteiger partial charge in [0.1, 0.15) is 0 Å². The minimum absolute atomic E-state index is 0.511. The fourth-order valence-corrected chi connectivity index (χ4v) is 4.77. The number of likely N-dealkylation sites (tertiary alicyclic amines) is 1. The van der Waals surface area contributed by atoms with Crippen LogP contribution in [0.3, 0.4) is 0 Å². The molecule has 0 saturated carbocycles. The Balaban J connectivity index is 1.68. The van der Waals surface area contributed by atoms with Gasteiger partial charge in [0.25, 0.3) is 0 Å². The Labute approximate surface area is 124 Å². The lowest BCUT2D eigenvalue weighted by Crippen LogP contribution is -2.45. The van der Waals surface area contributed by atoms with Crippen LogP contribution in [0.2, 0.25) is 0 Å². The monoisotopic (exact) mass is 284 g/mol. The Morgan fingerprint density at radius 3 is 2.68 bits per heavy atom. The van der Waals surface area contributed by atoms with Gasteiger partial charge in [-0.2, -0.15) is 11.8 Å². The molecule has 0 radical (unpaired) electrons. The maximum atomic E-state index is 3.84. The summed E-state index contributed by atoms with van der Waals surface area (Å²) in [6.07, 6.45) is 6.88. The van der Waals surface area contributed by atoms with Gasteiger partial charge in [-0.1, -0.05) is 6.92 Å². The van der Waals surface area contributed by atoms with Crippen LogP contribution in [0.4, 0.5) is 0 Å². The molecule has 2 atom stereocenters. The van der Waals surface area contributed by atoms with Crippen molar-refractivity contribution in [1.82, 2.24) is 10.2 Å². The van der Waals surface area contributed by atoms with E-state index in [1.165, 1.54) is 64.0 Å². The van der Waals surface area contributed by atoms with E-state index in [2.05, 4.69) is 42.7 Å². The quantitative estimate of drug-likeness (QED) is 0.805. The minimum atomic E-state index is 0.511. The van der Waals surface area contributed by atoms with Gasteiger partial charge in [-0.25, -0.2) is 0 Å². The Morgan fingerprint density at radius 2 is 2.11 bits per heavy atom. The molecule has 0 spiro atoms. The number of piperidine rings is 1. The zero-order valence-electron chi connectivity index (χ0n) is 13.1. The van der Waals surface area contributed by atoms with Gasteiger partial charge >= 0.3 is 0 Å². The molecule has 2 saturated heterocycles. The third-order valence-electron chi connectivity index (χ3n) is 4.98. The molecule has 0 aromatic rings. The molecule has 2 rings (SSSR count). The van der Waals surface area contributed by atoms with Crippen LogP contribution in [0, 0.1) is 5.92 Å². The molecule has 0 aromatic carbocycles. The highest BCUT2D eigenvalue weighted by Gasteiger charge is 2.31. The largest absolute Gasteiger partial charge is 0.313 e. The third kappa shape index (κ3) is 4.64. The first-order valence-electron chi connectivity index (χ1n) is 8.23. The fourth-order valence-electron chi connectivity index (χ4n) is 3.51. The molecule has 19 heavy (non-hydrogen) atoms. The molecule has 2 unspecified atom stereocenters. The van der Waals surface area contributed by atoms with E-state index in [0.29, 0.717) is 10.8 Å². The molecule has 0 bridgehead atoms. The highest BCUT2D eigenvalue weighted by molar-refractivity contribution is 8.00. The summed E-state index contributed by atoms with van der Waals surface area (Å²) < 4.78 is 0.511. The van der Waals surface area contributed by atoms with E-state index in [1.54, 1.807) is 0 Å².